The van der Waals surface area contributed by atoms with Crippen molar-refractivity contribution in [1.82, 2.24) is 4.98 Å². The molecule has 2 nitrogen and oxygen atoms in total. The van der Waals surface area contributed by atoms with Crippen LogP contribution in [-0.4, -0.2) is 4.98 Å². The normalized spacial score (nSPS) is 10.3. The third-order valence-electron chi connectivity index (χ3n) is 2.12. The zero-order chi connectivity index (χ0) is 12.3. The molecule has 2 rings (SSSR count). The molecule has 0 radical (unpaired) electrons. The van der Waals surface area contributed by atoms with Gasteiger partial charge in [-0.3, -0.25) is 4.98 Å². The van der Waals surface area contributed by atoms with Crippen molar-refractivity contribution in [2.24, 2.45) is 0 Å². The molecule has 1 aromatic heterocycles. The molecule has 1 aromatic carbocycles. The molecule has 0 fully saturated rings. The van der Waals surface area contributed by atoms with Crippen molar-refractivity contribution in [2.75, 3.05) is 0 Å². The second-order valence-corrected chi connectivity index (χ2v) is 3.97. The van der Waals surface area contributed by atoms with Gasteiger partial charge in [-0.1, -0.05) is 11.6 Å². The number of hydrogen-bond donors (Lipinski definition) is 0. The van der Waals surface area contributed by atoms with Crippen LogP contribution in [0.2, 0.25) is 5.02 Å². The summed E-state index contributed by atoms with van der Waals surface area (Å²) in [7, 11) is 0. The maximum Gasteiger partial charge on any atom is 0.146 e. The predicted octanol–water partition coefficient (Wildman–Crippen LogP) is 4.41. The highest BCUT2D eigenvalue weighted by Gasteiger charge is 2.07. The lowest BCUT2D eigenvalue weighted by atomic mass is 10.3. The molecule has 2 aromatic rings. The molecule has 0 unspecified atom stereocenters. The Morgan fingerprint density at radius 3 is 2.76 bits per heavy atom. The Morgan fingerprint density at radius 2 is 2.06 bits per heavy atom. The predicted molar refractivity (Wildman–Crippen MR) is 65.3 cm³/mol. The van der Waals surface area contributed by atoms with E-state index in [0.29, 0.717) is 11.5 Å². The van der Waals surface area contributed by atoms with Gasteiger partial charge in [-0.25, -0.2) is 4.39 Å². The van der Waals surface area contributed by atoms with E-state index in [9.17, 15) is 4.39 Å². The summed E-state index contributed by atoms with van der Waals surface area (Å²) in [6.07, 6.45) is 3.20. The van der Waals surface area contributed by atoms with E-state index in [1.807, 2.05) is 0 Å². The molecule has 0 aliphatic carbocycles. The zero-order valence-electron chi connectivity index (χ0n) is 8.66. The lowest BCUT2D eigenvalue weighted by molar-refractivity contribution is 0.476. The van der Waals surface area contributed by atoms with Gasteiger partial charge in [0.1, 0.15) is 17.3 Å². The van der Waals surface area contributed by atoms with Crippen LogP contribution in [0.3, 0.4) is 0 Å². The maximum atomic E-state index is 12.9. The van der Waals surface area contributed by atoms with Gasteiger partial charge in [0.2, 0.25) is 0 Å². The van der Waals surface area contributed by atoms with Crippen LogP contribution in [0.4, 0.5) is 4.39 Å². The molecule has 1 heterocycles. The lowest BCUT2D eigenvalue weighted by Gasteiger charge is -2.10. The fraction of sp³-hybridized carbons (Fsp3) is 0.0833. The summed E-state index contributed by atoms with van der Waals surface area (Å²) in [5.41, 5.74) is 0.745. The number of hydrogen-bond acceptors (Lipinski definition) is 2. The van der Waals surface area contributed by atoms with Crippen LogP contribution in [0.15, 0.2) is 36.7 Å². The van der Waals surface area contributed by atoms with Crippen molar-refractivity contribution in [3.05, 3.63) is 53.1 Å². The van der Waals surface area contributed by atoms with Crippen molar-refractivity contribution < 1.29 is 9.13 Å². The summed E-state index contributed by atoms with van der Waals surface area (Å²) in [4.78, 5) is 3.94. The van der Waals surface area contributed by atoms with E-state index < -0.39 is 5.82 Å². The molecule has 0 N–H and O–H groups in total. The van der Waals surface area contributed by atoms with Crippen LogP contribution in [-0.2, 0) is 5.88 Å². The Hall–Kier alpha value is -1.32. The molecule has 0 saturated carbocycles. The molecule has 5 heteroatoms. The van der Waals surface area contributed by atoms with E-state index in [1.54, 1.807) is 18.5 Å². The number of pyridine rings is 1. The minimum absolute atomic E-state index is 0.210. The van der Waals surface area contributed by atoms with Crippen molar-refractivity contribution in [1.29, 1.82) is 0 Å². The molecule has 17 heavy (non-hydrogen) atoms. The van der Waals surface area contributed by atoms with E-state index >= 15 is 0 Å². The topological polar surface area (TPSA) is 22.1 Å². The highest BCUT2D eigenvalue weighted by atomic mass is 35.5. The Balaban J connectivity index is 2.31. The van der Waals surface area contributed by atoms with E-state index in [0.717, 1.165) is 5.56 Å². The standard InChI is InChI=1S/C12H8Cl2FNO/c13-6-8-7-16-4-3-11(8)17-12-2-1-9(15)5-10(12)14/h1-5,7H,6H2. The third-order valence-corrected chi connectivity index (χ3v) is 2.70. The van der Waals surface area contributed by atoms with Crippen LogP contribution in [0.5, 0.6) is 11.5 Å². The van der Waals surface area contributed by atoms with Crippen molar-refractivity contribution >= 4 is 23.2 Å². The Morgan fingerprint density at radius 1 is 1.24 bits per heavy atom. The SMILES string of the molecule is Fc1ccc(Oc2ccncc2CCl)c(Cl)c1. The van der Waals surface area contributed by atoms with Crippen LogP contribution in [0, 0.1) is 5.82 Å². The van der Waals surface area contributed by atoms with Crippen LogP contribution in [0.1, 0.15) is 5.56 Å². The number of rotatable bonds is 3. The number of nitrogens with zero attached hydrogens (tertiary/aromatic N) is 1. The second kappa shape index (κ2) is 5.34. The Labute approximate surface area is 108 Å². The fourth-order valence-electron chi connectivity index (χ4n) is 1.29. The molecule has 0 aliphatic rings. The van der Waals surface area contributed by atoms with Gasteiger partial charge in [-0.05, 0) is 24.3 Å². The smallest absolute Gasteiger partial charge is 0.146 e. The molecule has 0 amide bonds. The first-order chi connectivity index (χ1) is 8.20. The molecular weight excluding hydrogens is 264 g/mol. The summed E-state index contributed by atoms with van der Waals surface area (Å²) in [6.45, 7) is 0. The summed E-state index contributed by atoms with van der Waals surface area (Å²) in [5.74, 6) is 0.811. The van der Waals surface area contributed by atoms with Crippen LogP contribution >= 0.6 is 23.2 Å². The summed E-state index contributed by atoms with van der Waals surface area (Å²) in [6, 6.07) is 5.62. The zero-order valence-corrected chi connectivity index (χ0v) is 10.2. The molecule has 0 aliphatic heterocycles. The van der Waals surface area contributed by atoms with Crippen LogP contribution in [0.25, 0.3) is 0 Å². The van der Waals surface area contributed by atoms with Gasteiger partial charge < -0.3 is 4.74 Å². The molecule has 88 valence electrons. The molecule has 0 saturated heterocycles. The number of aromatic nitrogens is 1. The van der Waals surface area contributed by atoms with Crippen molar-refractivity contribution in [3.63, 3.8) is 0 Å². The van der Waals surface area contributed by atoms with Gasteiger partial charge in [0.15, 0.2) is 0 Å². The number of benzene rings is 1. The molecular formula is C12H8Cl2FNO. The third kappa shape index (κ3) is 2.87. The average molecular weight is 272 g/mol. The van der Waals surface area contributed by atoms with Crippen molar-refractivity contribution in [3.8, 4) is 11.5 Å². The van der Waals surface area contributed by atoms with Gasteiger partial charge in [0.25, 0.3) is 0 Å². The summed E-state index contributed by atoms with van der Waals surface area (Å²) >= 11 is 11.6. The molecule has 0 spiro atoms. The summed E-state index contributed by atoms with van der Waals surface area (Å²) in [5, 5.41) is 0.210. The number of alkyl halides is 1. The fourth-order valence-corrected chi connectivity index (χ4v) is 1.70. The minimum Gasteiger partial charge on any atom is -0.455 e. The number of ether oxygens (including phenoxy) is 1. The maximum absolute atomic E-state index is 12.9. The highest BCUT2D eigenvalue weighted by molar-refractivity contribution is 6.32. The quantitative estimate of drug-likeness (QED) is 0.772. The average Bonchev–Trinajstić information content (AvgIpc) is 2.33. The first-order valence-electron chi connectivity index (χ1n) is 4.82. The van der Waals surface area contributed by atoms with Crippen LogP contribution < -0.4 is 4.74 Å². The van der Waals surface area contributed by atoms with Gasteiger partial charge in [0.05, 0.1) is 10.9 Å². The first-order valence-corrected chi connectivity index (χ1v) is 5.73. The van der Waals surface area contributed by atoms with Gasteiger partial charge in [-0.15, -0.1) is 11.6 Å². The monoisotopic (exact) mass is 271 g/mol. The summed E-state index contributed by atoms with van der Waals surface area (Å²) < 4.78 is 18.4. The van der Waals surface area contributed by atoms with Crippen molar-refractivity contribution in [2.45, 2.75) is 5.88 Å². The molecule has 0 bridgehead atoms. The Bertz CT molecular complexity index is 534. The lowest BCUT2D eigenvalue weighted by Crippen LogP contribution is -1.91. The highest BCUT2D eigenvalue weighted by Crippen LogP contribution is 2.31. The van der Waals surface area contributed by atoms with E-state index in [1.165, 1.54) is 18.2 Å². The van der Waals surface area contributed by atoms with E-state index in [2.05, 4.69) is 4.98 Å². The van der Waals surface area contributed by atoms with E-state index in [4.69, 9.17) is 27.9 Å². The molecule has 0 atom stereocenters. The Kier molecular flexibility index (Phi) is 3.82. The van der Waals surface area contributed by atoms with Gasteiger partial charge in [0, 0.05) is 18.0 Å². The van der Waals surface area contributed by atoms with Gasteiger partial charge >= 0.3 is 0 Å². The second-order valence-electron chi connectivity index (χ2n) is 3.29. The number of halogens is 3. The van der Waals surface area contributed by atoms with Gasteiger partial charge in [-0.2, -0.15) is 0 Å². The van der Waals surface area contributed by atoms with E-state index in [-0.39, 0.29) is 10.9 Å². The minimum atomic E-state index is -0.408. The largest absolute Gasteiger partial charge is 0.455 e. The first kappa shape index (κ1) is 12.1.